The minimum Gasteiger partial charge on any atom is -0.481 e. The van der Waals surface area contributed by atoms with Gasteiger partial charge in [-0.15, -0.1) is 0 Å². The fourth-order valence-electron chi connectivity index (χ4n) is 0.832. The Morgan fingerprint density at radius 3 is 1.55 bits per heavy atom. The van der Waals surface area contributed by atoms with E-state index in [1.54, 1.807) is 0 Å². The Labute approximate surface area is 113 Å². The van der Waals surface area contributed by atoms with Gasteiger partial charge in [-0.25, -0.2) is 0 Å². The van der Waals surface area contributed by atoms with E-state index in [4.69, 9.17) is 35.7 Å². The molecule has 0 aromatic heterocycles. The molecule has 4 atom stereocenters. The van der Waals surface area contributed by atoms with Gasteiger partial charge in [-0.3, -0.25) is 9.59 Å². The summed E-state index contributed by atoms with van der Waals surface area (Å²) < 4.78 is 0. The van der Waals surface area contributed by atoms with Crippen LogP contribution in [0.4, 0.5) is 0 Å². The second-order valence-corrected chi connectivity index (χ2v) is 3.65. The van der Waals surface area contributed by atoms with Crippen LogP contribution in [0.5, 0.6) is 0 Å². The SMILES string of the molecule is O=C(O)CCC(=O)O.O=C[C@H](O)[C@@H](O)[C@@H](O)[C@H](O)CO. The van der Waals surface area contributed by atoms with Crippen molar-refractivity contribution in [3.05, 3.63) is 0 Å². The van der Waals surface area contributed by atoms with Crippen molar-refractivity contribution in [2.75, 3.05) is 6.61 Å². The lowest BCUT2D eigenvalue weighted by molar-refractivity contribution is -0.143. The molecule has 118 valence electrons. The van der Waals surface area contributed by atoms with E-state index in [-0.39, 0.29) is 19.1 Å². The molecule has 0 unspecified atom stereocenters. The van der Waals surface area contributed by atoms with Gasteiger partial charge in [-0.2, -0.15) is 0 Å². The number of aliphatic carboxylic acids is 2. The Kier molecular flexibility index (Phi) is 11.7. The number of rotatable bonds is 8. The quantitative estimate of drug-likeness (QED) is 0.221. The summed E-state index contributed by atoms with van der Waals surface area (Å²) in [4.78, 5) is 29.2. The molecule has 20 heavy (non-hydrogen) atoms. The molecule has 7 N–H and O–H groups in total. The van der Waals surface area contributed by atoms with Gasteiger partial charge in [0.1, 0.15) is 24.4 Å². The van der Waals surface area contributed by atoms with E-state index in [9.17, 15) is 14.4 Å². The van der Waals surface area contributed by atoms with Gasteiger partial charge in [-0.05, 0) is 0 Å². The number of carbonyl (C=O) groups is 3. The van der Waals surface area contributed by atoms with Crippen LogP contribution < -0.4 is 0 Å². The van der Waals surface area contributed by atoms with Crippen LogP contribution in [0.2, 0.25) is 0 Å². The average molecular weight is 298 g/mol. The van der Waals surface area contributed by atoms with Crippen molar-refractivity contribution in [1.82, 2.24) is 0 Å². The molecule has 0 saturated heterocycles. The molecule has 0 aliphatic heterocycles. The van der Waals surface area contributed by atoms with Crippen LogP contribution in [-0.2, 0) is 14.4 Å². The molecule has 0 aromatic carbocycles. The molecular formula is C10H18O10. The lowest BCUT2D eigenvalue weighted by Crippen LogP contribution is -2.46. The van der Waals surface area contributed by atoms with E-state index < -0.39 is 43.0 Å². The highest BCUT2D eigenvalue weighted by molar-refractivity contribution is 5.75. The fraction of sp³-hybridized carbons (Fsp3) is 0.700. The van der Waals surface area contributed by atoms with Gasteiger partial charge in [0.05, 0.1) is 19.4 Å². The number of carboxylic acids is 2. The van der Waals surface area contributed by atoms with Crippen molar-refractivity contribution in [3.8, 4) is 0 Å². The summed E-state index contributed by atoms with van der Waals surface area (Å²) in [5, 5.41) is 59.3. The van der Waals surface area contributed by atoms with Crippen molar-refractivity contribution in [3.63, 3.8) is 0 Å². The Morgan fingerprint density at radius 1 is 0.900 bits per heavy atom. The molecule has 0 radical (unpaired) electrons. The zero-order valence-electron chi connectivity index (χ0n) is 10.4. The summed E-state index contributed by atoms with van der Waals surface area (Å²) in [6, 6.07) is 0. The molecule has 10 heteroatoms. The standard InChI is InChI=1S/C6H12O6.C4H6O4/c7-1-3(9)5(11)6(12)4(10)2-8;5-3(6)1-2-4(7)8/h1,3-6,8-12H,2H2;1-2H2,(H,5,6)(H,7,8)/t3-,4+,5+,6-;/m0./s1. The average Bonchev–Trinajstić information content (AvgIpc) is 2.42. The number of aliphatic hydroxyl groups excluding tert-OH is 5. The fourth-order valence-corrected chi connectivity index (χ4v) is 0.832. The smallest absolute Gasteiger partial charge is 0.303 e. The zero-order chi connectivity index (χ0) is 16.3. The third-order valence-corrected chi connectivity index (χ3v) is 1.97. The van der Waals surface area contributed by atoms with Gasteiger partial charge < -0.3 is 40.5 Å². The van der Waals surface area contributed by atoms with Gasteiger partial charge in [0.2, 0.25) is 0 Å². The maximum atomic E-state index is 9.90. The van der Waals surface area contributed by atoms with E-state index in [0.717, 1.165) is 0 Å². The minimum absolute atomic E-state index is 0.0258. The Bertz CT molecular complexity index is 290. The first-order chi connectivity index (χ1) is 9.17. The highest BCUT2D eigenvalue weighted by Crippen LogP contribution is 2.02. The third kappa shape index (κ3) is 10.3. The highest BCUT2D eigenvalue weighted by Gasteiger charge is 2.29. The second-order valence-electron chi connectivity index (χ2n) is 3.65. The normalized spacial score (nSPS) is 16.1. The summed E-state index contributed by atoms with van der Waals surface area (Å²) in [6.07, 6.45) is -7.43. The molecule has 0 aliphatic carbocycles. The highest BCUT2D eigenvalue weighted by atomic mass is 16.4. The number of carbonyl (C=O) groups excluding carboxylic acids is 1. The van der Waals surface area contributed by atoms with Crippen LogP contribution in [-0.4, -0.2) is 85.0 Å². The van der Waals surface area contributed by atoms with Gasteiger partial charge in [0, 0.05) is 0 Å². The first kappa shape index (κ1) is 20.7. The molecule has 0 fully saturated rings. The Balaban J connectivity index is 0. The molecular weight excluding hydrogens is 280 g/mol. The van der Waals surface area contributed by atoms with Crippen molar-refractivity contribution in [2.45, 2.75) is 37.3 Å². The molecule has 0 spiro atoms. The molecule has 0 rings (SSSR count). The van der Waals surface area contributed by atoms with Crippen molar-refractivity contribution >= 4 is 18.2 Å². The van der Waals surface area contributed by atoms with E-state index >= 15 is 0 Å². The predicted octanol–water partition coefficient (Wildman–Crippen LogP) is -3.44. The van der Waals surface area contributed by atoms with Crippen LogP contribution in [0.3, 0.4) is 0 Å². The second kappa shape index (κ2) is 11.3. The molecule has 0 bridgehead atoms. The van der Waals surface area contributed by atoms with Gasteiger partial charge >= 0.3 is 11.9 Å². The van der Waals surface area contributed by atoms with Gasteiger partial charge in [0.15, 0.2) is 6.29 Å². The molecule has 0 saturated carbocycles. The van der Waals surface area contributed by atoms with Crippen molar-refractivity contribution in [2.24, 2.45) is 0 Å². The van der Waals surface area contributed by atoms with E-state index in [2.05, 4.69) is 0 Å². The Hall–Kier alpha value is -1.59. The topological polar surface area (TPSA) is 193 Å². The van der Waals surface area contributed by atoms with Gasteiger partial charge in [-0.1, -0.05) is 0 Å². The van der Waals surface area contributed by atoms with Crippen molar-refractivity contribution in [1.29, 1.82) is 0 Å². The first-order valence-electron chi connectivity index (χ1n) is 5.39. The monoisotopic (exact) mass is 298 g/mol. The number of carboxylic acid groups (broad SMARTS) is 2. The third-order valence-electron chi connectivity index (χ3n) is 1.97. The summed E-state index contributed by atoms with van der Waals surface area (Å²) >= 11 is 0. The summed E-state index contributed by atoms with van der Waals surface area (Å²) in [7, 11) is 0. The molecule has 10 nitrogen and oxygen atoms in total. The summed E-state index contributed by atoms with van der Waals surface area (Å²) in [5.41, 5.74) is 0. The van der Waals surface area contributed by atoms with E-state index in [1.165, 1.54) is 0 Å². The molecule has 0 aromatic rings. The van der Waals surface area contributed by atoms with Crippen LogP contribution >= 0.6 is 0 Å². The first-order valence-corrected chi connectivity index (χ1v) is 5.39. The van der Waals surface area contributed by atoms with Crippen molar-refractivity contribution < 1.29 is 50.1 Å². The van der Waals surface area contributed by atoms with Crippen LogP contribution in [0.1, 0.15) is 12.8 Å². The maximum absolute atomic E-state index is 9.90. The minimum atomic E-state index is -1.79. The summed E-state index contributed by atoms with van der Waals surface area (Å²) in [6.45, 7) is -0.760. The van der Waals surface area contributed by atoms with E-state index in [1.807, 2.05) is 0 Å². The predicted molar refractivity (Wildman–Crippen MR) is 61.7 cm³/mol. The molecule has 0 heterocycles. The van der Waals surface area contributed by atoms with Crippen LogP contribution in [0, 0.1) is 0 Å². The van der Waals surface area contributed by atoms with Gasteiger partial charge in [0.25, 0.3) is 0 Å². The lowest BCUT2D eigenvalue weighted by Gasteiger charge is -2.22. The Morgan fingerprint density at radius 2 is 1.30 bits per heavy atom. The molecule has 0 amide bonds. The number of aliphatic hydroxyl groups is 5. The number of hydrogen-bond donors (Lipinski definition) is 7. The zero-order valence-corrected chi connectivity index (χ0v) is 10.4. The van der Waals surface area contributed by atoms with E-state index in [0.29, 0.717) is 0 Å². The van der Waals surface area contributed by atoms with Crippen LogP contribution in [0.25, 0.3) is 0 Å². The number of hydrogen-bond acceptors (Lipinski definition) is 8. The number of aldehydes is 1. The maximum Gasteiger partial charge on any atom is 0.303 e. The largest absolute Gasteiger partial charge is 0.481 e. The lowest BCUT2D eigenvalue weighted by atomic mass is 10.0. The van der Waals surface area contributed by atoms with Crippen LogP contribution in [0.15, 0.2) is 0 Å². The molecule has 0 aliphatic rings. The summed E-state index contributed by atoms with van der Waals surface area (Å²) in [5.74, 6) is -2.15.